The van der Waals surface area contributed by atoms with E-state index in [1.165, 1.54) is 11.3 Å². The van der Waals surface area contributed by atoms with E-state index in [-0.39, 0.29) is 17.7 Å². The first-order valence-electron chi connectivity index (χ1n) is 12.1. The first-order valence-corrected chi connectivity index (χ1v) is 12.9. The Kier molecular flexibility index (Phi) is 6.87. The zero-order valence-electron chi connectivity index (χ0n) is 20.7. The van der Waals surface area contributed by atoms with Crippen molar-refractivity contribution in [3.63, 3.8) is 0 Å². The molecule has 0 unspecified atom stereocenters. The van der Waals surface area contributed by atoms with Gasteiger partial charge in [-0.15, -0.1) is 11.3 Å². The molecule has 1 N–H and O–H groups in total. The fraction of sp³-hybridized carbons (Fsp3) is 0.214. The van der Waals surface area contributed by atoms with Crippen LogP contribution in [0.5, 0.6) is 5.75 Å². The zero-order valence-corrected chi connectivity index (χ0v) is 21.5. The lowest BCUT2D eigenvalue weighted by Gasteiger charge is -2.14. The molecule has 3 aromatic heterocycles. The molecule has 0 atom stereocenters. The van der Waals surface area contributed by atoms with Gasteiger partial charge in [0, 0.05) is 12.6 Å². The summed E-state index contributed by atoms with van der Waals surface area (Å²) in [5.41, 5.74) is 3.46. The SMILES string of the molecule is C=c1[nH]c(=O)/c(=C\c2ccc(OCCn3c(-c4ccccc4)nc4c(CCC)nn(C)c4c3=O)cc2)s1. The van der Waals surface area contributed by atoms with Crippen molar-refractivity contribution < 1.29 is 4.74 Å². The standard InChI is InChI=1S/C28H27N5O3S/c1-4-8-22-24-25(32(3)31-22)28(35)33(26(30-24)20-9-6-5-7-10-20)15-16-36-21-13-11-19(12-14-21)17-23-27(34)29-18(2)37-23/h5-7,9-14,17H,2,4,8,15-16H2,1,3H3,(H,29,34)/b23-17+. The normalized spacial score (nSPS) is 11.9. The molecule has 0 fully saturated rings. The summed E-state index contributed by atoms with van der Waals surface area (Å²) in [5, 5.41) is 4.57. The molecule has 3 heterocycles. The van der Waals surface area contributed by atoms with E-state index in [4.69, 9.17) is 9.72 Å². The molecule has 5 rings (SSSR count). The predicted molar refractivity (Wildman–Crippen MR) is 147 cm³/mol. The summed E-state index contributed by atoms with van der Waals surface area (Å²) in [6.07, 6.45) is 3.49. The summed E-state index contributed by atoms with van der Waals surface area (Å²) in [4.78, 5) is 33.1. The van der Waals surface area contributed by atoms with Crippen LogP contribution in [-0.4, -0.2) is 30.9 Å². The average molecular weight is 514 g/mol. The van der Waals surface area contributed by atoms with Gasteiger partial charge in [0.2, 0.25) is 0 Å². The van der Waals surface area contributed by atoms with E-state index < -0.39 is 0 Å². The highest BCUT2D eigenvalue weighted by molar-refractivity contribution is 7.07. The molecule has 9 heteroatoms. The van der Waals surface area contributed by atoms with Crippen LogP contribution < -0.4 is 25.1 Å². The summed E-state index contributed by atoms with van der Waals surface area (Å²) in [6.45, 7) is 6.46. The van der Waals surface area contributed by atoms with Gasteiger partial charge in [0.1, 0.15) is 23.7 Å². The van der Waals surface area contributed by atoms with E-state index in [0.29, 0.717) is 38.3 Å². The van der Waals surface area contributed by atoms with Crippen LogP contribution in [0.25, 0.3) is 35.1 Å². The molecule has 0 aliphatic carbocycles. The minimum absolute atomic E-state index is 0.138. The fourth-order valence-corrected chi connectivity index (χ4v) is 5.04. The predicted octanol–water partition coefficient (Wildman–Crippen LogP) is 2.82. The molecule has 0 spiro atoms. The number of rotatable bonds is 8. The summed E-state index contributed by atoms with van der Waals surface area (Å²) >= 11 is 1.32. The van der Waals surface area contributed by atoms with E-state index in [1.807, 2.05) is 60.7 Å². The average Bonchev–Trinajstić information content (AvgIpc) is 3.38. The van der Waals surface area contributed by atoms with Gasteiger partial charge in [-0.3, -0.25) is 18.8 Å². The van der Waals surface area contributed by atoms with E-state index >= 15 is 0 Å². The second-order valence-electron chi connectivity index (χ2n) is 8.68. The topological polar surface area (TPSA) is 94.8 Å². The van der Waals surface area contributed by atoms with Crippen LogP contribution in [0.2, 0.25) is 0 Å². The second-order valence-corrected chi connectivity index (χ2v) is 9.82. The molecule has 2 aromatic carbocycles. The van der Waals surface area contributed by atoms with Gasteiger partial charge in [-0.05, 0) is 30.2 Å². The van der Waals surface area contributed by atoms with Crippen molar-refractivity contribution in [2.75, 3.05) is 6.61 Å². The van der Waals surface area contributed by atoms with Crippen molar-refractivity contribution in [3.05, 3.63) is 95.8 Å². The molecule has 0 saturated heterocycles. The number of benzene rings is 2. The Morgan fingerprint density at radius 3 is 2.54 bits per heavy atom. The molecule has 0 radical (unpaired) electrons. The number of ether oxygens (including phenoxy) is 1. The van der Waals surface area contributed by atoms with E-state index in [2.05, 4.69) is 23.6 Å². The van der Waals surface area contributed by atoms with Gasteiger partial charge in [0.15, 0.2) is 5.52 Å². The Hall–Kier alpha value is -4.24. The molecule has 8 nitrogen and oxygen atoms in total. The van der Waals surface area contributed by atoms with Crippen molar-refractivity contribution in [1.82, 2.24) is 24.3 Å². The third-order valence-corrected chi connectivity index (χ3v) is 6.87. The number of H-pyrrole nitrogens is 1. The smallest absolute Gasteiger partial charge is 0.280 e. The lowest BCUT2D eigenvalue weighted by Crippen LogP contribution is -2.27. The number of fused-ring (bicyclic) bond motifs is 1. The van der Waals surface area contributed by atoms with Crippen LogP contribution in [0.15, 0.2) is 64.2 Å². The third-order valence-electron chi connectivity index (χ3n) is 6.00. The van der Waals surface area contributed by atoms with Gasteiger partial charge in [-0.2, -0.15) is 5.10 Å². The Labute approximate surface area is 216 Å². The molecule has 188 valence electrons. The van der Waals surface area contributed by atoms with Gasteiger partial charge in [-0.25, -0.2) is 4.98 Å². The number of nitrogens with zero attached hydrogens (tertiary/aromatic N) is 4. The number of aryl methyl sites for hydroxylation is 2. The Morgan fingerprint density at radius 2 is 1.86 bits per heavy atom. The third kappa shape index (κ3) is 5.03. The first-order chi connectivity index (χ1) is 17.9. The second kappa shape index (κ2) is 10.4. The maximum absolute atomic E-state index is 13.6. The molecule has 0 saturated carbocycles. The van der Waals surface area contributed by atoms with Crippen LogP contribution >= 0.6 is 11.3 Å². The number of nitrogens with one attached hydrogen (secondary N) is 1. The van der Waals surface area contributed by atoms with Gasteiger partial charge >= 0.3 is 0 Å². The van der Waals surface area contributed by atoms with Gasteiger partial charge in [0.05, 0.1) is 21.4 Å². The van der Waals surface area contributed by atoms with Crippen molar-refractivity contribution in [2.24, 2.45) is 7.05 Å². The maximum Gasteiger partial charge on any atom is 0.280 e. The molecule has 5 aromatic rings. The molecule has 0 aliphatic rings. The molecular weight excluding hydrogens is 486 g/mol. The largest absolute Gasteiger partial charge is 0.492 e. The lowest BCUT2D eigenvalue weighted by atomic mass is 10.2. The van der Waals surface area contributed by atoms with Crippen molar-refractivity contribution in [3.8, 4) is 17.1 Å². The fourth-order valence-electron chi connectivity index (χ4n) is 4.29. The van der Waals surface area contributed by atoms with Crippen LogP contribution in [0.4, 0.5) is 0 Å². The monoisotopic (exact) mass is 513 g/mol. The van der Waals surface area contributed by atoms with Crippen LogP contribution in [-0.2, 0) is 20.0 Å². The highest BCUT2D eigenvalue weighted by Crippen LogP contribution is 2.21. The summed E-state index contributed by atoms with van der Waals surface area (Å²) in [7, 11) is 1.79. The first kappa shape index (κ1) is 24.5. The Bertz CT molecular complexity index is 1780. The number of hydrogen-bond acceptors (Lipinski definition) is 6. The van der Waals surface area contributed by atoms with Gasteiger partial charge in [-0.1, -0.05) is 62.4 Å². The van der Waals surface area contributed by atoms with E-state index in [0.717, 1.165) is 29.7 Å². The maximum atomic E-state index is 13.6. The van der Waals surface area contributed by atoms with E-state index in [9.17, 15) is 9.59 Å². The quantitative estimate of drug-likeness (QED) is 0.344. The summed E-state index contributed by atoms with van der Waals surface area (Å²) in [5.74, 6) is 1.27. The zero-order chi connectivity index (χ0) is 25.9. The molecule has 0 aliphatic heterocycles. The molecule has 0 bridgehead atoms. The van der Waals surface area contributed by atoms with Gasteiger partial charge in [0.25, 0.3) is 11.1 Å². The molecule has 0 amide bonds. The summed E-state index contributed by atoms with van der Waals surface area (Å²) < 4.78 is 10.5. The number of hydrogen-bond donors (Lipinski definition) is 1. The van der Waals surface area contributed by atoms with Crippen molar-refractivity contribution in [2.45, 2.75) is 26.3 Å². The van der Waals surface area contributed by atoms with Crippen LogP contribution in [0, 0.1) is 0 Å². The number of aromatic nitrogens is 5. The lowest BCUT2D eigenvalue weighted by molar-refractivity contribution is 0.297. The number of aromatic amines is 1. The van der Waals surface area contributed by atoms with Crippen molar-refractivity contribution >= 4 is 35.0 Å². The molecule has 37 heavy (non-hydrogen) atoms. The number of thiazole rings is 1. The summed E-state index contributed by atoms with van der Waals surface area (Å²) in [6, 6.07) is 17.2. The van der Waals surface area contributed by atoms with Crippen LogP contribution in [0.1, 0.15) is 24.6 Å². The van der Waals surface area contributed by atoms with Crippen molar-refractivity contribution in [1.29, 1.82) is 0 Å². The highest BCUT2D eigenvalue weighted by atomic mass is 32.1. The Morgan fingerprint density at radius 1 is 1.11 bits per heavy atom. The van der Waals surface area contributed by atoms with E-state index in [1.54, 1.807) is 16.3 Å². The minimum atomic E-state index is -0.143. The molecular formula is C28H27N5O3S. The Balaban J connectivity index is 1.42. The minimum Gasteiger partial charge on any atom is -0.492 e. The van der Waals surface area contributed by atoms with Crippen LogP contribution in [0.3, 0.4) is 0 Å². The highest BCUT2D eigenvalue weighted by Gasteiger charge is 2.19. The van der Waals surface area contributed by atoms with Gasteiger partial charge < -0.3 is 9.72 Å².